The molecule has 0 aromatic heterocycles. The van der Waals surface area contributed by atoms with Gasteiger partial charge in [0.2, 0.25) is 0 Å². The molecular weight excluding hydrogens is 370 g/mol. The Balaban J connectivity index is 2.96. The maximum Gasteiger partial charge on any atom is 0.410 e. The molecule has 6 nitrogen and oxygen atoms in total. The molecule has 0 radical (unpaired) electrons. The van der Waals surface area contributed by atoms with Crippen molar-refractivity contribution in [2.24, 2.45) is 5.41 Å². The molecule has 0 bridgehead atoms. The minimum Gasteiger partial charge on any atom is -0.492 e. The number of esters is 1. The fourth-order valence-corrected chi connectivity index (χ4v) is 2.75. The van der Waals surface area contributed by atoms with E-state index >= 15 is 0 Å². The van der Waals surface area contributed by atoms with E-state index in [2.05, 4.69) is 20.8 Å². The number of carbonyl (C=O) groups excluding carboxylic acids is 2. The van der Waals surface area contributed by atoms with E-state index in [1.807, 2.05) is 46.8 Å². The lowest BCUT2D eigenvalue weighted by Crippen LogP contribution is -2.41. The predicted molar refractivity (Wildman–Crippen MR) is 115 cm³/mol. The standard InChI is InChI=1S/C23H37NO5/c1-21(2,3)16-11-12-17(19(25)27-10)18(13-16)28-15-23(7,8)14-24(9)20(26)29-22(4,5)6/h11-13H,14-15H2,1-10H3. The van der Waals surface area contributed by atoms with Crippen LogP contribution in [0.3, 0.4) is 0 Å². The zero-order chi connectivity index (χ0) is 22.6. The van der Waals surface area contributed by atoms with Gasteiger partial charge in [0.05, 0.1) is 13.7 Å². The third-order valence-corrected chi connectivity index (χ3v) is 4.24. The topological polar surface area (TPSA) is 65.1 Å². The van der Waals surface area contributed by atoms with E-state index in [4.69, 9.17) is 14.2 Å². The van der Waals surface area contributed by atoms with Gasteiger partial charge in [-0.3, -0.25) is 0 Å². The summed E-state index contributed by atoms with van der Waals surface area (Å²) < 4.78 is 16.4. The van der Waals surface area contributed by atoms with Crippen LogP contribution in [0, 0.1) is 5.41 Å². The minimum absolute atomic E-state index is 0.0841. The van der Waals surface area contributed by atoms with Crippen LogP contribution in [-0.2, 0) is 14.9 Å². The smallest absolute Gasteiger partial charge is 0.410 e. The number of methoxy groups -OCH3 is 1. The van der Waals surface area contributed by atoms with Crippen LogP contribution in [0.5, 0.6) is 5.75 Å². The molecule has 0 spiro atoms. The van der Waals surface area contributed by atoms with Crippen molar-refractivity contribution < 1.29 is 23.8 Å². The predicted octanol–water partition coefficient (Wildman–Crippen LogP) is 5.04. The summed E-state index contributed by atoms with van der Waals surface area (Å²) in [4.78, 5) is 25.9. The van der Waals surface area contributed by atoms with E-state index < -0.39 is 11.6 Å². The van der Waals surface area contributed by atoms with Crippen molar-refractivity contribution in [3.8, 4) is 5.75 Å². The molecule has 0 aliphatic carbocycles. The van der Waals surface area contributed by atoms with Gasteiger partial charge in [0.25, 0.3) is 0 Å². The minimum atomic E-state index is -0.547. The number of ether oxygens (including phenoxy) is 3. The highest BCUT2D eigenvalue weighted by atomic mass is 16.6. The molecule has 0 heterocycles. The van der Waals surface area contributed by atoms with E-state index in [0.29, 0.717) is 24.5 Å². The van der Waals surface area contributed by atoms with Gasteiger partial charge in [0.1, 0.15) is 16.9 Å². The van der Waals surface area contributed by atoms with Crippen molar-refractivity contribution in [3.05, 3.63) is 29.3 Å². The van der Waals surface area contributed by atoms with Crippen molar-refractivity contribution in [1.82, 2.24) is 4.90 Å². The van der Waals surface area contributed by atoms with Gasteiger partial charge in [-0.25, -0.2) is 9.59 Å². The van der Waals surface area contributed by atoms with Crippen LogP contribution in [-0.4, -0.2) is 49.9 Å². The van der Waals surface area contributed by atoms with Crippen LogP contribution in [0.2, 0.25) is 0 Å². The Morgan fingerprint density at radius 3 is 2.07 bits per heavy atom. The van der Waals surface area contributed by atoms with Crippen LogP contribution in [0.4, 0.5) is 4.79 Å². The molecule has 0 aliphatic rings. The van der Waals surface area contributed by atoms with E-state index in [1.165, 1.54) is 7.11 Å². The third kappa shape index (κ3) is 7.95. The zero-order valence-electron chi connectivity index (χ0n) is 19.6. The maximum absolute atomic E-state index is 12.2. The van der Waals surface area contributed by atoms with E-state index in [-0.39, 0.29) is 16.9 Å². The summed E-state index contributed by atoms with van der Waals surface area (Å²) >= 11 is 0. The van der Waals surface area contributed by atoms with E-state index in [0.717, 1.165) is 5.56 Å². The number of carbonyl (C=O) groups is 2. The molecule has 6 heteroatoms. The summed E-state index contributed by atoms with van der Waals surface area (Å²) in [6, 6.07) is 5.54. The molecule has 29 heavy (non-hydrogen) atoms. The summed E-state index contributed by atoms with van der Waals surface area (Å²) in [5.74, 6) is 0.0430. The second-order valence-corrected chi connectivity index (χ2v) is 10.2. The first kappa shape index (κ1) is 24.8. The highest BCUT2D eigenvalue weighted by molar-refractivity contribution is 5.92. The van der Waals surface area contributed by atoms with E-state index in [1.54, 1.807) is 18.0 Å². The maximum atomic E-state index is 12.2. The average molecular weight is 408 g/mol. The summed E-state index contributed by atoms with van der Waals surface area (Å²) in [5.41, 5.74) is 0.450. The first-order chi connectivity index (χ1) is 13.1. The summed E-state index contributed by atoms with van der Waals surface area (Å²) in [5, 5.41) is 0. The summed E-state index contributed by atoms with van der Waals surface area (Å²) in [6.07, 6.45) is -0.379. The molecule has 0 saturated heterocycles. The van der Waals surface area contributed by atoms with Crippen LogP contribution < -0.4 is 4.74 Å². The molecule has 1 aromatic carbocycles. The molecule has 0 unspecified atom stereocenters. The van der Waals surface area contributed by atoms with Crippen molar-refractivity contribution >= 4 is 12.1 Å². The van der Waals surface area contributed by atoms with Gasteiger partial charge in [0.15, 0.2) is 0 Å². The number of amides is 1. The van der Waals surface area contributed by atoms with E-state index in [9.17, 15) is 9.59 Å². The van der Waals surface area contributed by atoms with Crippen LogP contribution in [0.25, 0.3) is 0 Å². The molecule has 0 saturated carbocycles. The van der Waals surface area contributed by atoms with Gasteiger partial charge in [0, 0.05) is 19.0 Å². The molecular formula is C23H37NO5. The molecule has 0 aliphatic heterocycles. The molecule has 0 fully saturated rings. The largest absolute Gasteiger partial charge is 0.492 e. The first-order valence-corrected chi connectivity index (χ1v) is 9.85. The van der Waals surface area contributed by atoms with Crippen LogP contribution in [0.15, 0.2) is 18.2 Å². The fourth-order valence-electron chi connectivity index (χ4n) is 2.75. The van der Waals surface area contributed by atoms with Crippen molar-refractivity contribution in [1.29, 1.82) is 0 Å². The lowest BCUT2D eigenvalue weighted by Gasteiger charge is -2.32. The number of benzene rings is 1. The van der Waals surface area contributed by atoms with Gasteiger partial charge >= 0.3 is 12.1 Å². The second kappa shape index (κ2) is 9.06. The summed E-state index contributed by atoms with van der Waals surface area (Å²) in [6.45, 7) is 16.6. The highest BCUT2D eigenvalue weighted by Crippen LogP contribution is 2.30. The Labute approximate surface area is 175 Å². The van der Waals surface area contributed by atoms with Crippen molar-refractivity contribution in [2.75, 3.05) is 27.3 Å². The number of rotatable bonds is 6. The van der Waals surface area contributed by atoms with Gasteiger partial charge in [-0.05, 0) is 43.9 Å². The second-order valence-electron chi connectivity index (χ2n) is 10.2. The molecule has 164 valence electrons. The van der Waals surface area contributed by atoms with Crippen molar-refractivity contribution in [2.45, 2.75) is 66.4 Å². The number of hydrogen-bond acceptors (Lipinski definition) is 5. The molecule has 1 amide bonds. The normalized spacial score (nSPS) is 12.3. The van der Waals surface area contributed by atoms with Gasteiger partial charge in [-0.15, -0.1) is 0 Å². The zero-order valence-corrected chi connectivity index (χ0v) is 19.6. The molecule has 1 aromatic rings. The van der Waals surface area contributed by atoms with Gasteiger partial charge < -0.3 is 19.1 Å². The van der Waals surface area contributed by atoms with Crippen LogP contribution in [0.1, 0.15) is 71.3 Å². The Morgan fingerprint density at radius 1 is 1.00 bits per heavy atom. The SMILES string of the molecule is COC(=O)c1ccc(C(C)(C)C)cc1OCC(C)(C)CN(C)C(=O)OC(C)(C)C. The Kier molecular flexibility index (Phi) is 7.74. The Bertz CT molecular complexity index is 726. The van der Waals surface area contributed by atoms with Gasteiger partial charge in [-0.1, -0.05) is 40.7 Å². The van der Waals surface area contributed by atoms with Crippen molar-refractivity contribution in [3.63, 3.8) is 0 Å². The van der Waals surface area contributed by atoms with Gasteiger partial charge in [-0.2, -0.15) is 0 Å². The number of hydrogen-bond donors (Lipinski definition) is 0. The molecule has 0 N–H and O–H groups in total. The lowest BCUT2D eigenvalue weighted by molar-refractivity contribution is 0.0203. The third-order valence-electron chi connectivity index (χ3n) is 4.24. The lowest BCUT2D eigenvalue weighted by atomic mass is 9.86. The highest BCUT2D eigenvalue weighted by Gasteiger charge is 2.28. The molecule has 0 atom stereocenters. The average Bonchev–Trinajstić information content (AvgIpc) is 2.56. The van der Waals surface area contributed by atoms with Crippen LogP contribution >= 0.6 is 0 Å². The quantitative estimate of drug-likeness (QED) is 0.618. The first-order valence-electron chi connectivity index (χ1n) is 9.85. The fraction of sp³-hybridized carbons (Fsp3) is 0.652. The Hall–Kier alpha value is -2.24. The Morgan fingerprint density at radius 2 is 1.59 bits per heavy atom. The number of nitrogens with zero attached hydrogens (tertiary/aromatic N) is 1. The monoisotopic (exact) mass is 407 g/mol. The molecule has 1 rings (SSSR count). The summed E-state index contributed by atoms with van der Waals surface area (Å²) in [7, 11) is 3.06.